The molecule has 0 saturated carbocycles. The first-order valence-electron chi connectivity index (χ1n) is 7.53. The molecule has 0 radical (unpaired) electrons. The summed E-state index contributed by atoms with van der Waals surface area (Å²) in [4.78, 5) is 13.8. The number of halogens is 1. The van der Waals surface area contributed by atoms with Gasteiger partial charge in [-0.2, -0.15) is 0 Å². The van der Waals surface area contributed by atoms with E-state index in [1.54, 1.807) is 4.90 Å². The third-order valence-corrected chi connectivity index (χ3v) is 4.06. The number of rotatable bonds is 3. The predicted molar refractivity (Wildman–Crippen MR) is 89.8 cm³/mol. The second-order valence-electron chi connectivity index (χ2n) is 7.02. The van der Waals surface area contributed by atoms with Crippen molar-refractivity contribution in [1.29, 1.82) is 0 Å². The average molecular weight is 370 g/mol. The molecule has 1 aromatic carbocycles. The van der Waals surface area contributed by atoms with Crippen molar-refractivity contribution in [1.82, 2.24) is 4.90 Å². The summed E-state index contributed by atoms with van der Waals surface area (Å²) in [5.41, 5.74) is 0.332. The molecule has 5 heteroatoms. The highest BCUT2D eigenvalue weighted by Gasteiger charge is 2.38. The van der Waals surface area contributed by atoms with Crippen LogP contribution in [0.1, 0.15) is 39.7 Å². The van der Waals surface area contributed by atoms with Crippen LogP contribution >= 0.6 is 15.9 Å². The number of hydrogen-bond donors (Lipinski definition) is 0. The molecule has 0 bridgehead atoms. The number of carbonyl (C=O) groups excluding carboxylic acids is 1. The van der Waals surface area contributed by atoms with Gasteiger partial charge in [0, 0.05) is 11.0 Å². The molecule has 1 saturated heterocycles. The Morgan fingerprint density at radius 2 is 2.14 bits per heavy atom. The molecule has 1 aromatic rings. The fourth-order valence-corrected chi connectivity index (χ4v) is 2.86. The smallest absolute Gasteiger partial charge is 0.410 e. The van der Waals surface area contributed by atoms with Gasteiger partial charge in [0.15, 0.2) is 0 Å². The molecule has 22 heavy (non-hydrogen) atoms. The first kappa shape index (κ1) is 17.3. The highest BCUT2D eigenvalue weighted by molar-refractivity contribution is 9.10. The topological polar surface area (TPSA) is 38.8 Å². The van der Waals surface area contributed by atoms with Crippen LogP contribution in [0.25, 0.3) is 0 Å². The van der Waals surface area contributed by atoms with Crippen molar-refractivity contribution < 1.29 is 14.3 Å². The first-order valence-corrected chi connectivity index (χ1v) is 8.33. The number of carbonyl (C=O) groups is 1. The maximum absolute atomic E-state index is 12.1. The predicted octanol–water partition coefficient (Wildman–Crippen LogP) is 4.37. The van der Waals surface area contributed by atoms with Gasteiger partial charge >= 0.3 is 6.09 Å². The van der Waals surface area contributed by atoms with Crippen molar-refractivity contribution in [2.75, 3.05) is 13.1 Å². The SMILES string of the molecule is CC(C)(C)OC(=O)N1CCC(C)(OCc2cccc(Br)c2)C1. The zero-order valence-electron chi connectivity index (χ0n) is 13.7. The Bertz CT molecular complexity index is 541. The summed E-state index contributed by atoms with van der Waals surface area (Å²) in [5.74, 6) is 0. The van der Waals surface area contributed by atoms with Crippen LogP contribution < -0.4 is 0 Å². The quantitative estimate of drug-likeness (QED) is 0.793. The minimum Gasteiger partial charge on any atom is -0.444 e. The Labute approximate surface area is 140 Å². The Balaban J connectivity index is 1.89. The van der Waals surface area contributed by atoms with Crippen molar-refractivity contribution in [3.8, 4) is 0 Å². The van der Waals surface area contributed by atoms with Crippen molar-refractivity contribution in [2.24, 2.45) is 0 Å². The molecule has 1 heterocycles. The summed E-state index contributed by atoms with van der Waals surface area (Å²) in [6.07, 6.45) is 0.558. The van der Waals surface area contributed by atoms with E-state index < -0.39 is 5.60 Å². The van der Waals surface area contributed by atoms with Crippen LogP contribution in [0, 0.1) is 0 Å². The van der Waals surface area contributed by atoms with E-state index in [0.29, 0.717) is 19.7 Å². The minimum atomic E-state index is -0.465. The van der Waals surface area contributed by atoms with Gasteiger partial charge in [0.05, 0.1) is 18.8 Å². The van der Waals surface area contributed by atoms with E-state index in [9.17, 15) is 4.79 Å². The molecule has 0 aliphatic carbocycles. The largest absolute Gasteiger partial charge is 0.444 e. The van der Waals surface area contributed by atoms with E-state index in [1.807, 2.05) is 45.0 Å². The molecule has 1 aliphatic rings. The van der Waals surface area contributed by atoms with Gasteiger partial charge in [-0.3, -0.25) is 0 Å². The molecule has 1 aliphatic heterocycles. The van der Waals surface area contributed by atoms with Gasteiger partial charge in [0.1, 0.15) is 5.60 Å². The van der Waals surface area contributed by atoms with Gasteiger partial charge in [-0.05, 0) is 51.8 Å². The number of ether oxygens (including phenoxy) is 2. The number of nitrogens with zero attached hydrogens (tertiary/aromatic N) is 1. The highest BCUT2D eigenvalue weighted by atomic mass is 79.9. The summed E-state index contributed by atoms with van der Waals surface area (Å²) < 4.78 is 12.5. The second kappa shape index (κ2) is 6.59. The molecule has 1 fully saturated rings. The molecule has 0 N–H and O–H groups in total. The summed E-state index contributed by atoms with van der Waals surface area (Å²) in [7, 11) is 0. The molecule has 1 atom stereocenters. The van der Waals surface area contributed by atoms with Crippen molar-refractivity contribution >= 4 is 22.0 Å². The first-order chi connectivity index (χ1) is 10.2. The van der Waals surface area contributed by atoms with Gasteiger partial charge in [0.25, 0.3) is 0 Å². The zero-order chi connectivity index (χ0) is 16.4. The van der Waals surface area contributed by atoms with Crippen LogP contribution in [0.5, 0.6) is 0 Å². The Hall–Kier alpha value is -1.07. The van der Waals surface area contributed by atoms with Crippen LogP contribution in [0.4, 0.5) is 4.79 Å². The summed E-state index contributed by atoms with van der Waals surface area (Å²) >= 11 is 3.46. The van der Waals surface area contributed by atoms with Crippen LogP contribution in [0.15, 0.2) is 28.7 Å². The van der Waals surface area contributed by atoms with Crippen molar-refractivity contribution in [3.05, 3.63) is 34.3 Å². The number of amides is 1. The van der Waals surface area contributed by atoms with Crippen LogP contribution in [-0.2, 0) is 16.1 Å². The minimum absolute atomic E-state index is 0.262. The van der Waals surface area contributed by atoms with Gasteiger partial charge in [-0.25, -0.2) is 4.79 Å². The zero-order valence-corrected chi connectivity index (χ0v) is 15.3. The Morgan fingerprint density at radius 3 is 2.77 bits per heavy atom. The van der Waals surface area contributed by atoms with Crippen LogP contribution in [0.3, 0.4) is 0 Å². The van der Waals surface area contributed by atoms with E-state index >= 15 is 0 Å². The van der Waals surface area contributed by atoms with Crippen molar-refractivity contribution in [3.63, 3.8) is 0 Å². The van der Waals surface area contributed by atoms with Crippen LogP contribution in [0.2, 0.25) is 0 Å². The number of benzene rings is 1. The lowest BCUT2D eigenvalue weighted by Gasteiger charge is -2.27. The lowest BCUT2D eigenvalue weighted by Crippen LogP contribution is -2.39. The van der Waals surface area contributed by atoms with E-state index in [-0.39, 0.29) is 11.7 Å². The van der Waals surface area contributed by atoms with Gasteiger partial charge in [-0.1, -0.05) is 28.1 Å². The van der Waals surface area contributed by atoms with Crippen LogP contribution in [-0.4, -0.2) is 35.3 Å². The normalized spacial score (nSPS) is 22.0. The molecule has 0 aromatic heterocycles. The molecular weight excluding hydrogens is 346 g/mol. The Morgan fingerprint density at radius 1 is 1.41 bits per heavy atom. The summed E-state index contributed by atoms with van der Waals surface area (Å²) in [6, 6.07) is 8.07. The highest BCUT2D eigenvalue weighted by Crippen LogP contribution is 2.27. The summed E-state index contributed by atoms with van der Waals surface area (Å²) in [6.45, 7) is 9.46. The van der Waals surface area contributed by atoms with E-state index in [0.717, 1.165) is 16.5 Å². The third kappa shape index (κ3) is 4.99. The maximum Gasteiger partial charge on any atom is 0.410 e. The standard InChI is InChI=1S/C17H24BrNO3/c1-16(2,3)22-15(20)19-9-8-17(4,12-19)21-11-13-6-5-7-14(18)10-13/h5-7,10H,8-9,11-12H2,1-4H3. The lowest BCUT2D eigenvalue weighted by molar-refractivity contribution is -0.0374. The summed E-state index contributed by atoms with van der Waals surface area (Å²) in [5, 5.41) is 0. The molecule has 1 unspecified atom stereocenters. The number of hydrogen-bond acceptors (Lipinski definition) is 3. The Kier molecular flexibility index (Phi) is 5.17. The monoisotopic (exact) mass is 369 g/mol. The molecule has 1 amide bonds. The second-order valence-corrected chi connectivity index (χ2v) is 7.94. The molecule has 4 nitrogen and oxygen atoms in total. The number of likely N-dealkylation sites (tertiary alicyclic amines) is 1. The molecular formula is C17H24BrNO3. The fraction of sp³-hybridized carbons (Fsp3) is 0.588. The van der Waals surface area contributed by atoms with E-state index in [1.165, 1.54) is 0 Å². The lowest BCUT2D eigenvalue weighted by atomic mass is 10.1. The third-order valence-electron chi connectivity index (χ3n) is 3.56. The fourth-order valence-electron chi connectivity index (χ4n) is 2.42. The van der Waals surface area contributed by atoms with Gasteiger partial charge in [0.2, 0.25) is 0 Å². The van der Waals surface area contributed by atoms with E-state index in [2.05, 4.69) is 22.9 Å². The average Bonchev–Trinajstić information content (AvgIpc) is 2.78. The molecule has 2 rings (SSSR count). The molecule has 0 spiro atoms. The maximum atomic E-state index is 12.1. The molecule has 122 valence electrons. The van der Waals surface area contributed by atoms with Gasteiger partial charge in [-0.15, -0.1) is 0 Å². The van der Waals surface area contributed by atoms with E-state index in [4.69, 9.17) is 9.47 Å². The van der Waals surface area contributed by atoms with Crippen molar-refractivity contribution in [2.45, 2.75) is 51.9 Å². The van der Waals surface area contributed by atoms with Gasteiger partial charge < -0.3 is 14.4 Å².